The zero-order chi connectivity index (χ0) is 31.3. The minimum absolute atomic E-state index is 0.0232. The number of carbonyl (C=O) groups is 2. The molecule has 3 aromatic rings. The van der Waals surface area contributed by atoms with E-state index >= 15 is 0 Å². The van der Waals surface area contributed by atoms with E-state index in [1.54, 1.807) is 25.1 Å². The van der Waals surface area contributed by atoms with Crippen molar-refractivity contribution in [1.82, 2.24) is 9.21 Å². The van der Waals surface area contributed by atoms with Crippen molar-refractivity contribution in [1.29, 1.82) is 0 Å². The smallest absolute Gasteiger partial charge is 0.323 e. The van der Waals surface area contributed by atoms with Crippen molar-refractivity contribution < 1.29 is 37.0 Å². The maximum Gasteiger partial charge on any atom is 0.323 e. The summed E-state index contributed by atoms with van der Waals surface area (Å²) >= 11 is 0. The fourth-order valence-electron chi connectivity index (χ4n) is 4.62. The third-order valence-corrected chi connectivity index (χ3v) is 9.07. The highest BCUT2D eigenvalue weighted by Crippen LogP contribution is 2.31. The Labute approximate surface area is 250 Å². The van der Waals surface area contributed by atoms with Gasteiger partial charge in [-0.15, -0.1) is 0 Å². The summed E-state index contributed by atoms with van der Waals surface area (Å²) in [5.74, 6) is -0.441. The molecule has 1 aliphatic rings. The first kappa shape index (κ1) is 31.7. The Balaban J connectivity index is 1.60. The first-order chi connectivity index (χ1) is 20.4. The molecule has 0 radical (unpaired) electrons. The number of rotatable bonds is 9. The number of hydrogen-bond donors (Lipinski definition) is 3. The predicted molar refractivity (Wildman–Crippen MR) is 159 cm³/mol. The number of aliphatic hydroxyl groups is 1. The van der Waals surface area contributed by atoms with E-state index in [4.69, 9.17) is 9.47 Å². The Morgan fingerprint density at radius 1 is 1.12 bits per heavy atom. The standard InChI is InChI=1S/C30H35FN4O7S/c1-19-16-35(20(2)18-36)29(37)26-15-23(33-30(38)32-22-7-5-21(31)6-8-22)9-14-27(26)42-28(19)17-34(3)43(39,40)25-12-10-24(41-4)11-13-25/h5-15,19-20,28,36H,16-18H2,1-4H3,(H2,32,33,38)/t19-,20-,28-/m0/s1. The van der Waals surface area contributed by atoms with Gasteiger partial charge in [-0.1, -0.05) is 6.92 Å². The molecule has 4 rings (SSSR count). The number of nitrogens with one attached hydrogen (secondary N) is 2. The molecule has 3 atom stereocenters. The van der Waals surface area contributed by atoms with Crippen LogP contribution in [0.2, 0.25) is 0 Å². The molecule has 11 nitrogen and oxygen atoms in total. The average Bonchev–Trinajstić information content (AvgIpc) is 2.99. The van der Waals surface area contributed by atoms with E-state index in [1.807, 2.05) is 6.92 Å². The molecule has 3 aromatic carbocycles. The van der Waals surface area contributed by atoms with Crippen molar-refractivity contribution in [3.05, 3.63) is 78.1 Å². The van der Waals surface area contributed by atoms with Crippen LogP contribution in [0.3, 0.4) is 0 Å². The van der Waals surface area contributed by atoms with Gasteiger partial charge in [-0.2, -0.15) is 4.31 Å². The van der Waals surface area contributed by atoms with E-state index in [0.29, 0.717) is 11.4 Å². The third-order valence-electron chi connectivity index (χ3n) is 7.23. The molecule has 1 aliphatic heterocycles. The van der Waals surface area contributed by atoms with E-state index < -0.39 is 39.9 Å². The van der Waals surface area contributed by atoms with Crippen LogP contribution in [0.25, 0.3) is 0 Å². The lowest BCUT2D eigenvalue weighted by Crippen LogP contribution is -2.50. The number of urea groups is 1. The molecule has 0 spiro atoms. The van der Waals surface area contributed by atoms with Gasteiger partial charge in [0.15, 0.2) is 0 Å². The lowest BCUT2D eigenvalue weighted by atomic mass is 9.99. The van der Waals surface area contributed by atoms with Gasteiger partial charge in [-0.3, -0.25) is 4.79 Å². The first-order valence-corrected chi connectivity index (χ1v) is 15.0. The number of methoxy groups -OCH3 is 1. The topological polar surface area (TPSA) is 138 Å². The third kappa shape index (κ3) is 7.42. The van der Waals surface area contributed by atoms with E-state index in [-0.39, 0.29) is 47.5 Å². The fourth-order valence-corrected chi connectivity index (χ4v) is 5.81. The molecule has 3 N–H and O–H groups in total. The van der Waals surface area contributed by atoms with Crippen LogP contribution in [0.5, 0.6) is 11.5 Å². The largest absolute Gasteiger partial charge is 0.497 e. The minimum Gasteiger partial charge on any atom is -0.497 e. The highest BCUT2D eigenvalue weighted by Gasteiger charge is 2.35. The van der Waals surface area contributed by atoms with Crippen LogP contribution < -0.4 is 20.1 Å². The molecule has 0 bridgehead atoms. The molecule has 0 saturated heterocycles. The number of carbonyl (C=O) groups excluding carboxylic acids is 2. The van der Waals surface area contributed by atoms with E-state index in [0.717, 1.165) is 0 Å². The molecular formula is C30H35FN4O7S. The van der Waals surface area contributed by atoms with Gasteiger partial charge in [0.25, 0.3) is 5.91 Å². The fraction of sp³-hybridized carbons (Fsp3) is 0.333. The summed E-state index contributed by atoms with van der Waals surface area (Å²) in [6, 6.07) is 14.7. The number of likely N-dealkylation sites (N-methyl/N-ethyl adjacent to an activating group) is 1. The van der Waals surface area contributed by atoms with Crippen molar-refractivity contribution in [3.63, 3.8) is 0 Å². The Hall–Kier alpha value is -4.20. The summed E-state index contributed by atoms with van der Waals surface area (Å²) < 4.78 is 52.5. The molecule has 0 aliphatic carbocycles. The zero-order valence-electron chi connectivity index (χ0n) is 24.3. The number of anilines is 2. The Morgan fingerprint density at radius 3 is 2.37 bits per heavy atom. The Kier molecular flexibility index (Phi) is 9.89. The first-order valence-electron chi connectivity index (χ1n) is 13.6. The molecule has 3 amide bonds. The number of benzene rings is 3. The van der Waals surface area contributed by atoms with Gasteiger partial charge >= 0.3 is 6.03 Å². The van der Waals surface area contributed by atoms with Crippen molar-refractivity contribution >= 4 is 33.3 Å². The van der Waals surface area contributed by atoms with E-state index in [9.17, 15) is 27.5 Å². The minimum atomic E-state index is -3.88. The highest BCUT2D eigenvalue weighted by molar-refractivity contribution is 7.89. The Bertz CT molecular complexity index is 1550. The number of aliphatic hydroxyl groups excluding tert-OH is 1. The van der Waals surface area contributed by atoms with Gasteiger partial charge < -0.3 is 30.1 Å². The molecule has 230 valence electrons. The second kappa shape index (κ2) is 13.4. The lowest BCUT2D eigenvalue weighted by Gasteiger charge is -2.38. The van der Waals surface area contributed by atoms with Crippen LogP contribution in [0, 0.1) is 11.7 Å². The summed E-state index contributed by atoms with van der Waals surface area (Å²) in [6.45, 7) is 3.43. The normalized spacial score (nSPS) is 17.7. The molecule has 0 unspecified atom stereocenters. The number of fused-ring (bicyclic) bond motifs is 1. The number of amides is 3. The number of ether oxygens (including phenoxy) is 2. The molecule has 0 saturated carbocycles. The summed E-state index contributed by atoms with van der Waals surface area (Å²) in [6.07, 6.45) is -0.668. The van der Waals surface area contributed by atoms with Crippen molar-refractivity contribution in [2.24, 2.45) is 5.92 Å². The number of halogens is 1. The van der Waals surface area contributed by atoms with Gasteiger partial charge in [0, 0.05) is 30.9 Å². The summed E-state index contributed by atoms with van der Waals surface area (Å²) in [7, 11) is -0.923. The van der Waals surface area contributed by atoms with Gasteiger partial charge in [-0.05, 0) is 73.7 Å². The lowest BCUT2D eigenvalue weighted by molar-refractivity contribution is 0.0387. The van der Waals surface area contributed by atoms with Crippen LogP contribution in [-0.2, 0) is 10.0 Å². The second-order valence-electron chi connectivity index (χ2n) is 10.4. The molecule has 0 fully saturated rings. The van der Waals surface area contributed by atoms with Gasteiger partial charge in [0.05, 0.1) is 36.8 Å². The molecule has 13 heteroatoms. The van der Waals surface area contributed by atoms with E-state index in [1.165, 1.54) is 71.9 Å². The van der Waals surface area contributed by atoms with Gasteiger partial charge in [0.2, 0.25) is 10.0 Å². The van der Waals surface area contributed by atoms with Crippen LogP contribution in [0.4, 0.5) is 20.6 Å². The molecule has 1 heterocycles. The summed E-state index contributed by atoms with van der Waals surface area (Å²) in [5.41, 5.74) is 0.798. The monoisotopic (exact) mass is 614 g/mol. The Morgan fingerprint density at radius 2 is 1.74 bits per heavy atom. The van der Waals surface area contributed by atoms with Gasteiger partial charge in [0.1, 0.15) is 23.4 Å². The number of hydrogen-bond acceptors (Lipinski definition) is 7. The molecule has 0 aromatic heterocycles. The zero-order valence-corrected chi connectivity index (χ0v) is 25.1. The van der Waals surface area contributed by atoms with Crippen molar-refractivity contribution in [3.8, 4) is 11.5 Å². The SMILES string of the molecule is COc1ccc(S(=O)(=O)N(C)C[C@@H]2Oc3ccc(NC(=O)Nc4ccc(F)cc4)cc3C(=O)N([C@@H](C)CO)C[C@@H]2C)cc1. The summed E-state index contributed by atoms with van der Waals surface area (Å²) in [4.78, 5) is 27.9. The van der Waals surface area contributed by atoms with Crippen LogP contribution >= 0.6 is 0 Å². The van der Waals surface area contributed by atoms with E-state index in [2.05, 4.69) is 10.6 Å². The molecule has 43 heavy (non-hydrogen) atoms. The second-order valence-corrected chi connectivity index (χ2v) is 12.4. The predicted octanol–water partition coefficient (Wildman–Crippen LogP) is 4.02. The van der Waals surface area contributed by atoms with Crippen molar-refractivity contribution in [2.75, 3.05) is 44.5 Å². The van der Waals surface area contributed by atoms with Crippen LogP contribution in [-0.4, -0.2) is 80.7 Å². The summed E-state index contributed by atoms with van der Waals surface area (Å²) in [5, 5.41) is 15.1. The maximum atomic E-state index is 13.7. The van der Waals surface area contributed by atoms with Crippen LogP contribution in [0.1, 0.15) is 24.2 Å². The van der Waals surface area contributed by atoms with Gasteiger partial charge in [-0.25, -0.2) is 17.6 Å². The maximum absolute atomic E-state index is 13.7. The highest BCUT2D eigenvalue weighted by atomic mass is 32.2. The molecular weight excluding hydrogens is 579 g/mol. The number of sulfonamides is 1. The van der Waals surface area contributed by atoms with Crippen LogP contribution in [0.15, 0.2) is 71.6 Å². The quantitative estimate of drug-likeness (QED) is 0.331. The average molecular weight is 615 g/mol. The number of nitrogens with zero attached hydrogens (tertiary/aromatic N) is 2. The van der Waals surface area contributed by atoms with Crippen molar-refractivity contribution in [2.45, 2.75) is 30.9 Å².